The van der Waals surface area contributed by atoms with E-state index in [1.165, 1.54) is 0 Å². The molecule has 3 saturated heterocycles. The van der Waals surface area contributed by atoms with Crippen LogP contribution in [0.5, 0.6) is 0 Å². The number of urea groups is 1. The van der Waals surface area contributed by atoms with Crippen LogP contribution in [0.1, 0.15) is 0 Å². The SMILES string of the molecule is O=C1N(CP2(=O)OCCO2)C(O)C(O)N1CP1(=O)OCCO1. The lowest BCUT2D eigenvalue weighted by Crippen LogP contribution is -2.37. The summed E-state index contributed by atoms with van der Waals surface area (Å²) in [5.41, 5.74) is 0. The van der Waals surface area contributed by atoms with Gasteiger partial charge in [0.2, 0.25) is 0 Å². The molecule has 0 spiro atoms. The molecule has 0 radical (unpaired) electrons. The van der Waals surface area contributed by atoms with Crippen molar-refractivity contribution in [3.8, 4) is 0 Å². The highest BCUT2D eigenvalue weighted by atomic mass is 31.2. The van der Waals surface area contributed by atoms with Crippen molar-refractivity contribution in [1.82, 2.24) is 9.80 Å². The zero-order chi connectivity index (χ0) is 16.0. The van der Waals surface area contributed by atoms with E-state index < -0.39 is 46.3 Å². The molecule has 126 valence electrons. The minimum Gasteiger partial charge on any atom is -0.369 e. The van der Waals surface area contributed by atoms with Gasteiger partial charge >= 0.3 is 21.2 Å². The second-order valence-corrected chi connectivity index (χ2v) is 8.93. The molecular weight excluding hydrogens is 342 g/mol. The van der Waals surface area contributed by atoms with E-state index in [9.17, 15) is 24.1 Å². The molecular formula is C9H16N2O9P2. The van der Waals surface area contributed by atoms with Crippen molar-refractivity contribution in [1.29, 1.82) is 0 Å². The van der Waals surface area contributed by atoms with Gasteiger partial charge in [-0.2, -0.15) is 0 Å². The van der Waals surface area contributed by atoms with Crippen LogP contribution < -0.4 is 0 Å². The first kappa shape index (κ1) is 16.4. The largest absolute Gasteiger partial charge is 0.369 e. The lowest BCUT2D eigenvalue weighted by molar-refractivity contribution is -0.0603. The first-order valence-electron chi connectivity index (χ1n) is 6.53. The van der Waals surface area contributed by atoms with E-state index in [4.69, 9.17) is 18.1 Å². The highest BCUT2D eigenvalue weighted by molar-refractivity contribution is 7.54. The Hall–Kier alpha value is -0.510. The van der Waals surface area contributed by atoms with Gasteiger partial charge in [-0.05, 0) is 0 Å². The highest BCUT2D eigenvalue weighted by Gasteiger charge is 2.50. The number of amides is 2. The molecule has 2 unspecified atom stereocenters. The van der Waals surface area contributed by atoms with E-state index in [1.54, 1.807) is 0 Å². The number of hydrogen-bond acceptors (Lipinski definition) is 9. The van der Waals surface area contributed by atoms with Crippen LogP contribution in [0, 0.1) is 0 Å². The molecule has 2 amide bonds. The molecule has 3 heterocycles. The predicted molar refractivity (Wildman–Crippen MR) is 69.8 cm³/mol. The summed E-state index contributed by atoms with van der Waals surface area (Å²) in [5.74, 6) is 0. The van der Waals surface area contributed by atoms with Crippen molar-refractivity contribution in [2.24, 2.45) is 0 Å². The standard InChI is InChI=1S/C9H16N2O9P2/c12-7-8(13)11(6-22(16)19-3-4-20-22)9(14)10(7)5-21(15)17-1-2-18-21/h7-8,12-13H,1-6H2. The molecule has 0 saturated carbocycles. The smallest absolute Gasteiger partial charge is 0.350 e. The van der Waals surface area contributed by atoms with Gasteiger partial charge in [0.1, 0.15) is 12.6 Å². The molecule has 13 heteroatoms. The summed E-state index contributed by atoms with van der Waals surface area (Å²) in [4.78, 5) is 13.8. The molecule has 0 aromatic heterocycles. The maximum atomic E-state index is 12.3. The molecule has 22 heavy (non-hydrogen) atoms. The quantitative estimate of drug-likeness (QED) is 0.652. The maximum absolute atomic E-state index is 12.3. The lowest BCUT2D eigenvalue weighted by atomic mass is 10.5. The van der Waals surface area contributed by atoms with Crippen LogP contribution in [0.25, 0.3) is 0 Å². The van der Waals surface area contributed by atoms with E-state index in [0.717, 1.165) is 9.80 Å². The molecule has 2 atom stereocenters. The topological polar surface area (TPSA) is 135 Å². The van der Waals surface area contributed by atoms with Crippen molar-refractivity contribution in [3.63, 3.8) is 0 Å². The Bertz CT molecular complexity index is 491. The number of hydrogen-bond donors (Lipinski definition) is 2. The number of carbonyl (C=O) groups excluding carboxylic acids is 1. The molecule has 11 nitrogen and oxygen atoms in total. The van der Waals surface area contributed by atoms with E-state index in [2.05, 4.69) is 0 Å². The van der Waals surface area contributed by atoms with Crippen LogP contribution in [-0.4, -0.2) is 77.5 Å². The van der Waals surface area contributed by atoms with E-state index in [1.807, 2.05) is 0 Å². The molecule has 0 aromatic carbocycles. The van der Waals surface area contributed by atoms with Crippen molar-refractivity contribution in [3.05, 3.63) is 0 Å². The first-order valence-corrected chi connectivity index (χ1v) is 9.99. The molecule has 3 rings (SSSR count). The van der Waals surface area contributed by atoms with Crippen LogP contribution in [0.4, 0.5) is 4.79 Å². The summed E-state index contributed by atoms with van der Waals surface area (Å²) in [6, 6.07) is -0.858. The Kier molecular flexibility index (Phi) is 4.34. The summed E-state index contributed by atoms with van der Waals surface area (Å²) >= 11 is 0. The summed E-state index contributed by atoms with van der Waals surface area (Å²) in [7, 11) is -7.05. The highest BCUT2D eigenvalue weighted by Crippen LogP contribution is 2.55. The average Bonchev–Trinajstić information content (AvgIpc) is 3.13. The van der Waals surface area contributed by atoms with E-state index in [0.29, 0.717) is 0 Å². The second kappa shape index (κ2) is 5.85. The fraction of sp³-hybridized carbons (Fsp3) is 0.889. The third-order valence-corrected chi connectivity index (χ3v) is 6.97. The summed E-state index contributed by atoms with van der Waals surface area (Å²) in [6.07, 6.45) is -4.32. The maximum Gasteiger partial charge on any atom is 0.350 e. The minimum absolute atomic E-state index is 0.124. The lowest BCUT2D eigenvalue weighted by Gasteiger charge is -2.22. The summed E-state index contributed by atoms with van der Waals surface area (Å²) in [5, 5.41) is 19.9. The summed E-state index contributed by atoms with van der Waals surface area (Å²) in [6.45, 7) is 0.494. The number of aliphatic hydroxyl groups is 2. The van der Waals surface area contributed by atoms with Crippen molar-refractivity contribution < 1.29 is 42.2 Å². The monoisotopic (exact) mass is 358 g/mol. The predicted octanol–water partition coefficient (Wildman–Crippen LogP) is -0.244. The van der Waals surface area contributed by atoms with Gasteiger partial charge in [0, 0.05) is 0 Å². The third-order valence-electron chi connectivity index (χ3n) is 3.37. The Balaban J connectivity index is 1.72. The molecule has 3 fully saturated rings. The Labute approximate surface area is 125 Å². The number of carbonyl (C=O) groups is 1. The van der Waals surface area contributed by atoms with Gasteiger partial charge < -0.3 is 28.3 Å². The van der Waals surface area contributed by atoms with Crippen LogP contribution >= 0.6 is 15.2 Å². The van der Waals surface area contributed by atoms with Gasteiger partial charge in [0.05, 0.1) is 26.4 Å². The molecule has 3 aliphatic heterocycles. The zero-order valence-electron chi connectivity index (χ0n) is 11.4. The van der Waals surface area contributed by atoms with Gasteiger partial charge in [0.15, 0.2) is 12.5 Å². The zero-order valence-corrected chi connectivity index (χ0v) is 13.2. The molecule has 3 aliphatic rings. The van der Waals surface area contributed by atoms with Crippen LogP contribution in [-0.2, 0) is 27.2 Å². The molecule has 2 N–H and O–H groups in total. The Morgan fingerprint density at radius 1 is 0.864 bits per heavy atom. The fourth-order valence-electron chi connectivity index (χ4n) is 2.32. The van der Waals surface area contributed by atoms with E-state index in [-0.39, 0.29) is 26.4 Å². The number of nitrogens with zero attached hydrogens (tertiary/aromatic N) is 2. The van der Waals surface area contributed by atoms with Crippen molar-refractivity contribution >= 4 is 21.2 Å². The number of rotatable bonds is 4. The van der Waals surface area contributed by atoms with Gasteiger partial charge in [-0.25, -0.2) is 4.79 Å². The van der Waals surface area contributed by atoms with Gasteiger partial charge in [0.25, 0.3) is 0 Å². The number of aliphatic hydroxyl groups excluding tert-OH is 2. The molecule has 0 bridgehead atoms. The van der Waals surface area contributed by atoms with Crippen LogP contribution in [0.15, 0.2) is 0 Å². The van der Waals surface area contributed by atoms with Crippen LogP contribution in [0.3, 0.4) is 0 Å². The van der Waals surface area contributed by atoms with Crippen molar-refractivity contribution in [2.45, 2.75) is 12.5 Å². The van der Waals surface area contributed by atoms with Gasteiger partial charge in [-0.3, -0.25) is 18.9 Å². The second-order valence-electron chi connectivity index (χ2n) is 4.89. The fourth-order valence-corrected chi connectivity index (χ4v) is 5.53. The van der Waals surface area contributed by atoms with E-state index >= 15 is 0 Å². The normalized spacial score (nSPS) is 33.8. The summed E-state index contributed by atoms with van der Waals surface area (Å²) < 4.78 is 44.0. The third kappa shape index (κ3) is 2.95. The Morgan fingerprint density at radius 3 is 1.50 bits per heavy atom. The molecule has 0 aliphatic carbocycles. The van der Waals surface area contributed by atoms with Gasteiger partial charge in [-0.15, -0.1) is 0 Å². The molecule has 0 aromatic rings. The average molecular weight is 358 g/mol. The minimum atomic E-state index is -3.52. The first-order chi connectivity index (χ1) is 10.3. The Morgan fingerprint density at radius 2 is 1.18 bits per heavy atom. The van der Waals surface area contributed by atoms with Crippen molar-refractivity contribution in [2.75, 3.05) is 39.0 Å². The van der Waals surface area contributed by atoms with Crippen LogP contribution in [0.2, 0.25) is 0 Å². The van der Waals surface area contributed by atoms with Gasteiger partial charge in [-0.1, -0.05) is 0 Å².